The zero-order chi connectivity index (χ0) is 31.0. The van der Waals surface area contributed by atoms with Crippen molar-refractivity contribution in [1.82, 2.24) is 25.0 Å². The van der Waals surface area contributed by atoms with Gasteiger partial charge in [0.1, 0.15) is 11.6 Å². The molecule has 2 atom stereocenters. The highest BCUT2D eigenvalue weighted by Crippen LogP contribution is 2.48. The Kier molecular flexibility index (Phi) is 9.15. The molecule has 1 aliphatic carbocycles. The highest BCUT2D eigenvalue weighted by Gasteiger charge is 2.36. The van der Waals surface area contributed by atoms with E-state index >= 15 is 0 Å². The van der Waals surface area contributed by atoms with Crippen LogP contribution in [-0.2, 0) is 6.54 Å². The van der Waals surface area contributed by atoms with Gasteiger partial charge >= 0.3 is 6.03 Å². The van der Waals surface area contributed by atoms with Gasteiger partial charge in [-0.2, -0.15) is 4.41 Å². The molecule has 1 unspecified atom stereocenters. The number of ether oxygens (including phenoxy) is 1. The first-order valence-corrected chi connectivity index (χ1v) is 17.2. The number of nitrogens with one attached hydrogen (secondary N) is 3. The third-order valence-corrected chi connectivity index (χ3v) is 10.2. The first-order valence-electron chi connectivity index (χ1n) is 16.2. The summed E-state index contributed by atoms with van der Waals surface area (Å²) in [4.78, 5) is 16.2. The maximum Gasteiger partial charge on any atom is 0.349 e. The minimum atomic E-state index is -0.604. The predicted molar refractivity (Wildman–Crippen MR) is 179 cm³/mol. The molecule has 2 amide bonds. The van der Waals surface area contributed by atoms with Gasteiger partial charge in [-0.1, -0.05) is 32.3 Å². The standard InChI is InChI=1S/C34H47FN6O2S/c1-6-44-41-33(42)39(17-16-36-5)26-13-15-27-29(19-26)40-20-24(22(2)37-34(3,4)38-41)21-43-30-18-25(35)12-14-28(30)32(40)31(27)23-10-8-7-9-11-23/h12-15,18-19,22-24,36-38H,6-11,16-17,20-21H2,1-5H3/t22?,24-/m0/s1. The van der Waals surface area contributed by atoms with Crippen LogP contribution in [0.1, 0.15) is 71.3 Å². The van der Waals surface area contributed by atoms with Crippen molar-refractivity contribution in [2.24, 2.45) is 5.92 Å². The monoisotopic (exact) mass is 622 g/mol. The number of hydrogen-bond acceptors (Lipinski definition) is 6. The van der Waals surface area contributed by atoms with Gasteiger partial charge < -0.3 is 14.6 Å². The molecule has 0 spiro atoms. The van der Waals surface area contributed by atoms with Crippen LogP contribution in [0.3, 0.4) is 0 Å². The molecule has 3 aromatic rings. The van der Waals surface area contributed by atoms with E-state index in [1.54, 1.807) is 16.5 Å². The molecule has 0 radical (unpaired) electrons. The number of anilines is 1. The third-order valence-electron chi connectivity index (χ3n) is 9.41. The van der Waals surface area contributed by atoms with Crippen LogP contribution in [0.25, 0.3) is 22.2 Å². The largest absolute Gasteiger partial charge is 0.492 e. The number of urea groups is 1. The summed E-state index contributed by atoms with van der Waals surface area (Å²) in [6, 6.07) is 11.4. The summed E-state index contributed by atoms with van der Waals surface area (Å²) >= 11 is 1.46. The lowest BCUT2D eigenvalue weighted by Crippen LogP contribution is -2.63. The van der Waals surface area contributed by atoms with Gasteiger partial charge in [0.2, 0.25) is 0 Å². The van der Waals surface area contributed by atoms with Gasteiger partial charge in [-0.25, -0.2) is 14.6 Å². The maximum absolute atomic E-state index is 14.7. The third kappa shape index (κ3) is 6.06. The van der Waals surface area contributed by atoms with E-state index in [9.17, 15) is 9.18 Å². The first-order chi connectivity index (χ1) is 21.2. The van der Waals surface area contributed by atoms with Crippen molar-refractivity contribution in [1.29, 1.82) is 0 Å². The van der Waals surface area contributed by atoms with Crippen LogP contribution in [0, 0.1) is 11.7 Å². The summed E-state index contributed by atoms with van der Waals surface area (Å²) in [5.74, 6) is 1.54. The molecule has 3 N–H and O–H groups in total. The van der Waals surface area contributed by atoms with Crippen LogP contribution >= 0.6 is 11.9 Å². The second-order valence-electron chi connectivity index (χ2n) is 13.0. The lowest BCUT2D eigenvalue weighted by molar-refractivity contribution is 0.137. The van der Waals surface area contributed by atoms with Crippen molar-refractivity contribution < 1.29 is 13.9 Å². The summed E-state index contributed by atoms with van der Waals surface area (Å²) < 4.78 is 25.3. The number of carbonyl (C=O) groups is 1. The van der Waals surface area contributed by atoms with Crippen molar-refractivity contribution in [3.63, 3.8) is 0 Å². The molecule has 1 fully saturated rings. The molecule has 1 aromatic heterocycles. The van der Waals surface area contributed by atoms with E-state index in [1.165, 1.54) is 42.2 Å². The number of fused-ring (bicyclic) bond motifs is 4. The summed E-state index contributed by atoms with van der Waals surface area (Å²) in [5, 5.41) is 8.22. The number of rotatable bonds is 6. The number of carbonyl (C=O) groups excluding carboxylic acids is 1. The van der Waals surface area contributed by atoms with Gasteiger partial charge in [-0.15, -0.1) is 0 Å². The van der Waals surface area contributed by atoms with Crippen LogP contribution in [0.2, 0.25) is 0 Å². The van der Waals surface area contributed by atoms with Gasteiger partial charge in [0, 0.05) is 60.1 Å². The Balaban J connectivity index is 1.63. The molecule has 0 saturated heterocycles. The molecule has 4 bridgehead atoms. The van der Waals surface area contributed by atoms with Crippen molar-refractivity contribution in [2.45, 2.75) is 84.0 Å². The summed E-state index contributed by atoms with van der Waals surface area (Å²) in [7, 11) is 1.91. The molecule has 3 heterocycles. The number of likely N-dealkylation sites (N-methyl/N-ethyl adjacent to an activating group) is 1. The summed E-state index contributed by atoms with van der Waals surface area (Å²) in [5.41, 5.74) is 8.29. The predicted octanol–water partition coefficient (Wildman–Crippen LogP) is 6.85. The molecule has 8 nitrogen and oxygen atoms in total. The Hall–Kier alpha value is -2.79. The number of aromatic nitrogens is 1. The minimum Gasteiger partial charge on any atom is -0.492 e. The molecule has 6 rings (SSSR count). The Morgan fingerprint density at radius 3 is 2.68 bits per heavy atom. The zero-order valence-corrected chi connectivity index (χ0v) is 27.5. The number of hydrogen-bond donors (Lipinski definition) is 3. The van der Waals surface area contributed by atoms with E-state index in [0.29, 0.717) is 31.4 Å². The number of amides is 2. The number of nitrogens with zero attached hydrogens (tertiary/aromatic N) is 3. The van der Waals surface area contributed by atoms with E-state index in [0.717, 1.165) is 47.6 Å². The quantitative estimate of drug-likeness (QED) is 0.261. The van der Waals surface area contributed by atoms with Crippen LogP contribution < -0.4 is 25.7 Å². The Morgan fingerprint density at radius 2 is 1.93 bits per heavy atom. The van der Waals surface area contributed by atoms with Crippen LogP contribution in [0.4, 0.5) is 14.9 Å². The molecule has 10 heteroatoms. The Morgan fingerprint density at radius 1 is 1.14 bits per heavy atom. The molecule has 2 aliphatic heterocycles. The van der Waals surface area contributed by atoms with Crippen LogP contribution in [0.5, 0.6) is 5.75 Å². The number of hydrazine groups is 1. The van der Waals surface area contributed by atoms with E-state index in [1.807, 2.05) is 18.0 Å². The second-order valence-corrected chi connectivity index (χ2v) is 14.2. The molecule has 238 valence electrons. The van der Waals surface area contributed by atoms with Crippen molar-refractivity contribution in [2.75, 3.05) is 37.4 Å². The normalized spacial score (nSPS) is 22.6. The van der Waals surface area contributed by atoms with Gasteiger partial charge in [0.25, 0.3) is 0 Å². The lowest BCUT2D eigenvalue weighted by Gasteiger charge is -2.39. The van der Waals surface area contributed by atoms with E-state index in [2.05, 4.69) is 66.5 Å². The highest BCUT2D eigenvalue weighted by molar-refractivity contribution is 7.97. The highest BCUT2D eigenvalue weighted by atomic mass is 32.2. The van der Waals surface area contributed by atoms with Gasteiger partial charge in [-0.3, -0.25) is 10.2 Å². The van der Waals surface area contributed by atoms with Crippen LogP contribution in [0.15, 0.2) is 36.4 Å². The molecule has 1 saturated carbocycles. The molecular formula is C34H47FN6O2S. The average molecular weight is 623 g/mol. The molecule has 3 aliphatic rings. The maximum atomic E-state index is 14.7. The fourth-order valence-electron chi connectivity index (χ4n) is 7.32. The van der Waals surface area contributed by atoms with Crippen LogP contribution in [-0.4, -0.2) is 59.2 Å². The van der Waals surface area contributed by atoms with Gasteiger partial charge in [0.15, 0.2) is 0 Å². The zero-order valence-electron chi connectivity index (χ0n) is 26.7. The van der Waals surface area contributed by atoms with Gasteiger partial charge in [-0.05, 0) is 88.4 Å². The van der Waals surface area contributed by atoms with Gasteiger partial charge in [0.05, 0.1) is 23.5 Å². The summed E-state index contributed by atoms with van der Waals surface area (Å²) in [6.45, 7) is 10.7. The fourth-order valence-corrected chi connectivity index (χ4v) is 8.08. The topological polar surface area (TPSA) is 73.8 Å². The Bertz CT molecular complexity index is 1500. The lowest BCUT2D eigenvalue weighted by atomic mass is 9.81. The van der Waals surface area contributed by atoms with Crippen molar-refractivity contribution in [3.8, 4) is 17.0 Å². The minimum absolute atomic E-state index is 0.0175. The average Bonchev–Trinajstić information content (AvgIpc) is 3.30. The Labute approximate surface area is 265 Å². The number of halogens is 1. The molecule has 2 aromatic carbocycles. The van der Waals surface area contributed by atoms with Crippen molar-refractivity contribution >= 4 is 34.6 Å². The first kappa shape index (κ1) is 31.2. The van der Waals surface area contributed by atoms with E-state index < -0.39 is 5.66 Å². The fraction of sp³-hybridized carbons (Fsp3) is 0.559. The number of benzene rings is 2. The molecule has 44 heavy (non-hydrogen) atoms. The SMILES string of the molecule is CCSN1NC(C)(C)NC(C)[C@@H]2COc3cc(F)ccc3-c3c(C4CCCCC4)c4ccc(cc4n3C2)N(CCNC)C1=O. The second kappa shape index (κ2) is 12.9. The van der Waals surface area contributed by atoms with E-state index in [4.69, 9.17) is 4.74 Å². The van der Waals surface area contributed by atoms with E-state index in [-0.39, 0.29) is 23.8 Å². The smallest absolute Gasteiger partial charge is 0.349 e. The summed E-state index contributed by atoms with van der Waals surface area (Å²) in [6.07, 6.45) is 5.98. The van der Waals surface area contributed by atoms with Crippen molar-refractivity contribution in [3.05, 3.63) is 47.8 Å². The molecular weight excluding hydrogens is 575 g/mol.